The summed E-state index contributed by atoms with van der Waals surface area (Å²) in [4.78, 5) is 9.33. The molecule has 2 N–H and O–H groups in total. The molecule has 0 bridgehead atoms. The molecule has 0 saturated carbocycles. The number of aliphatic imine (C=N–C) groups is 1. The maximum Gasteiger partial charge on any atom is 0.511 e. The van der Waals surface area contributed by atoms with Gasteiger partial charge in [0, 0.05) is 57.9 Å². The summed E-state index contributed by atoms with van der Waals surface area (Å²) in [5, 5.41) is 6.40. The molecule has 13 heteroatoms. The number of hydrogen-bond acceptors (Lipinski definition) is 5. The fourth-order valence-corrected chi connectivity index (χ4v) is 4.49. The Bertz CT molecular complexity index is 648. The summed E-state index contributed by atoms with van der Waals surface area (Å²) in [6, 6.07) is 0.171. The van der Waals surface area contributed by atoms with E-state index >= 15 is 0 Å². The van der Waals surface area contributed by atoms with Gasteiger partial charge in [-0.05, 0) is 33.7 Å². The van der Waals surface area contributed by atoms with Gasteiger partial charge >= 0.3 is 15.5 Å². The highest BCUT2D eigenvalue weighted by Gasteiger charge is 2.50. The minimum Gasteiger partial charge on any atom is -0.357 e. The van der Waals surface area contributed by atoms with Crippen LogP contribution in [0.4, 0.5) is 13.2 Å². The van der Waals surface area contributed by atoms with Gasteiger partial charge in [0.2, 0.25) is 0 Å². The lowest BCUT2D eigenvalue weighted by Gasteiger charge is -2.36. The third-order valence-electron chi connectivity index (χ3n) is 5.45. The highest BCUT2D eigenvalue weighted by atomic mass is 127. The number of piperidine rings is 1. The highest BCUT2D eigenvalue weighted by molar-refractivity contribution is 14.0. The van der Waals surface area contributed by atoms with Crippen LogP contribution in [0, 0.1) is 0 Å². The number of halogens is 4. The van der Waals surface area contributed by atoms with Crippen LogP contribution in [0.3, 0.4) is 0 Å². The number of guanidine groups is 1. The molecule has 8 nitrogen and oxygen atoms in total. The molecule has 0 spiro atoms. The van der Waals surface area contributed by atoms with E-state index in [-0.39, 0.29) is 49.1 Å². The Morgan fingerprint density at radius 3 is 2.20 bits per heavy atom. The Labute approximate surface area is 194 Å². The van der Waals surface area contributed by atoms with Crippen LogP contribution < -0.4 is 10.6 Å². The molecule has 2 aliphatic heterocycles. The van der Waals surface area contributed by atoms with E-state index in [1.807, 2.05) is 6.92 Å². The normalized spacial score (nSPS) is 22.4. The lowest BCUT2D eigenvalue weighted by atomic mass is 10.1. The number of sulfonamides is 1. The summed E-state index contributed by atoms with van der Waals surface area (Å²) < 4.78 is 61.7. The van der Waals surface area contributed by atoms with Gasteiger partial charge in [-0.25, -0.2) is 8.42 Å². The average molecular weight is 570 g/mol. The smallest absolute Gasteiger partial charge is 0.357 e. The molecular weight excluding hydrogens is 536 g/mol. The van der Waals surface area contributed by atoms with Crippen molar-refractivity contribution in [3.63, 3.8) is 0 Å². The number of alkyl halides is 3. The lowest BCUT2D eigenvalue weighted by Crippen LogP contribution is -2.52. The quantitative estimate of drug-likeness (QED) is 0.283. The fraction of sp³-hybridized carbons (Fsp3) is 0.941. The van der Waals surface area contributed by atoms with E-state index in [0.29, 0.717) is 36.2 Å². The molecule has 0 amide bonds. The molecule has 2 aliphatic rings. The minimum atomic E-state index is -5.25. The van der Waals surface area contributed by atoms with Crippen LogP contribution in [0.5, 0.6) is 0 Å². The molecule has 0 radical (unpaired) electrons. The maximum absolute atomic E-state index is 12.7. The maximum atomic E-state index is 12.7. The number of hydrogen-bond donors (Lipinski definition) is 2. The SMILES string of the molecule is CCNC(=NCC(C)N1CCN(C)CC1)NC1CCN(S(=O)(=O)C(F)(F)F)CC1.I. The monoisotopic (exact) mass is 570 g/mol. The van der Waals surface area contributed by atoms with Gasteiger partial charge < -0.3 is 15.5 Å². The second-order valence-electron chi connectivity index (χ2n) is 7.68. The van der Waals surface area contributed by atoms with Crippen molar-refractivity contribution in [2.24, 2.45) is 4.99 Å². The van der Waals surface area contributed by atoms with Crippen molar-refractivity contribution in [1.82, 2.24) is 24.7 Å². The molecule has 178 valence electrons. The fourth-order valence-electron chi connectivity index (χ4n) is 3.50. The Kier molecular flexibility index (Phi) is 11.1. The van der Waals surface area contributed by atoms with E-state index in [9.17, 15) is 21.6 Å². The largest absolute Gasteiger partial charge is 0.511 e. The van der Waals surface area contributed by atoms with E-state index in [1.165, 1.54) is 0 Å². The lowest BCUT2D eigenvalue weighted by molar-refractivity contribution is -0.0494. The van der Waals surface area contributed by atoms with E-state index in [2.05, 4.69) is 39.4 Å². The van der Waals surface area contributed by atoms with E-state index < -0.39 is 15.5 Å². The van der Waals surface area contributed by atoms with Crippen molar-refractivity contribution < 1.29 is 21.6 Å². The Balaban J connectivity index is 0.00000450. The first-order valence-corrected chi connectivity index (χ1v) is 11.5. The summed E-state index contributed by atoms with van der Waals surface area (Å²) in [6.45, 7) is 9.12. The van der Waals surface area contributed by atoms with Crippen LogP contribution >= 0.6 is 24.0 Å². The van der Waals surface area contributed by atoms with Gasteiger partial charge in [-0.1, -0.05) is 0 Å². The second kappa shape index (κ2) is 12.0. The number of piperazine rings is 1. The zero-order valence-electron chi connectivity index (χ0n) is 17.8. The first kappa shape index (κ1) is 27.7. The van der Waals surface area contributed by atoms with Gasteiger partial charge in [0.25, 0.3) is 0 Å². The summed E-state index contributed by atoms with van der Waals surface area (Å²) in [7, 11) is -3.14. The van der Waals surface area contributed by atoms with Gasteiger partial charge in [0.15, 0.2) is 5.96 Å². The van der Waals surface area contributed by atoms with Crippen LogP contribution in [0.15, 0.2) is 4.99 Å². The standard InChI is InChI=1S/C17H33F3N6O2S.HI/c1-4-21-16(22-13-14(2)25-11-9-24(3)10-12-25)23-15-5-7-26(8-6-15)29(27,28)17(18,19)20;/h14-15H,4-13H2,1-3H3,(H2,21,22,23);1H. The first-order valence-electron chi connectivity index (χ1n) is 10.1. The Morgan fingerprint density at radius 2 is 1.70 bits per heavy atom. The summed E-state index contributed by atoms with van der Waals surface area (Å²) in [5.74, 6) is 0.616. The van der Waals surface area contributed by atoms with Crippen molar-refractivity contribution >= 4 is 40.0 Å². The zero-order valence-corrected chi connectivity index (χ0v) is 20.9. The van der Waals surface area contributed by atoms with Crippen molar-refractivity contribution in [1.29, 1.82) is 0 Å². The van der Waals surface area contributed by atoms with Gasteiger partial charge in [-0.3, -0.25) is 9.89 Å². The molecule has 2 rings (SSSR count). The zero-order chi connectivity index (χ0) is 21.7. The molecule has 2 heterocycles. The van der Waals surface area contributed by atoms with Gasteiger partial charge in [0.05, 0.1) is 6.54 Å². The van der Waals surface area contributed by atoms with Crippen LogP contribution in [0.1, 0.15) is 26.7 Å². The average Bonchev–Trinajstić information content (AvgIpc) is 2.66. The van der Waals surface area contributed by atoms with Crippen LogP contribution in [-0.4, -0.2) is 105 Å². The summed E-state index contributed by atoms with van der Waals surface area (Å²) >= 11 is 0. The number of rotatable bonds is 6. The topological polar surface area (TPSA) is 80.3 Å². The molecule has 1 unspecified atom stereocenters. The van der Waals surface area contributed by atoms with E-state index in [0.717, 1.165) is 26.2 Å². The van der Waals surface area contributed by atoms with Crippen molar-refractivity contribution in [2.75, 3.05) is 59.4 Å². The third kappa shape index (κ3) is 7.64. The van der Waals surface area contributed by atoms with Crippen LogP contribution in [0.25, 0.3) is 0 Å². The third-order valence-corrected chi connectivity index (χ3v) is 7.08. The molecule has 0 aromatic carbocycles. The molecule has 2 saturated heterocycles. The predicted molar refractivity (Wildman–Crippen MR) is 123 cm³/mol. The molecule has 2 fully saturated rings. The molecule has 1 atom stereocenters. The number of nitrogens with one attached hydrogen (secondary N) is 2. The molecule has 0 aliphatic carbocycles. The van der Waals surface area contributed by atoms with Crippen molar-refractivity contribution in [3.8, 4) is 0 Å². The van der Waals surface area contributed by atoms with Gasteiger partial charge in [-0.15, -0.1) is 24.0 Å². The number of nitrogens with zero attached hydrogens (tertiary/aromatic N) is 4. The Morgan fingerprint density at radius 1 is 1.13 bits per heavy atom. The van der Waals surface area contributed by atoms with Crippen molar-refractivity contribution in [3.05, 3.63) is 0 Å². The first-order chi connectivity index (χ1) is 13.5. The molecule has 0 aromatic heterocycles. The van der Waals surface area contributed by atoms with E-state index in [4.69, 9.17) is 0 Å². The van der Waals surface area contributed by atoms with Gasteiger partial charge in [-0.2, -0.15) is 17.5 Å². The van der Waals surface area contributed by atoms with E-state index in [1.54, 1.807) is 0 Å². The molecule has 0 aromatic rings. The minimum absolute atomic E-state index is 0. The predicted octanol–water partition coefficient (Wildman–Crippen LogP) is 1.11. The molecule has 30 heavy (non-hydrogen) atoms. The molecular formula is C17H34F3IN6O2S. The van der Waals surface area contributed by atoms with Crippen LogP contribution in [0.2, 0.25) is 0 Å². The van der Waals surface area contributed by atoms with Crippen LogP contribution in [-0.2, 0) is 10.0 Å². The summed E-state index contributed by atoms with van der Waals surface area (Å²) in [5.41, 5.74) is -5.25. The Hall–Kier alpha value is -0.380. The van der Waals surface area contributed by atoms with Crippen molar-refractivity contribution in [2.45, 2.75) is 44.3 Å². The highest BCUT2D eigenvalue weighted by Crippen LogP contribution is 2.28. The number of likely N-dealkylation sites (N-methyl/N-ethyl adjacent to an activating group) is 1. The van der Waals surface area contributed by atoms with Gasteiger partial charge in [0.1, 0.15) is 0 Å². The summed E-state index contributed by atoms with van der Waals surface area (Å²) in [6.07, 6.45) is 0.599. The second-order valence-corrected chi connectivity index (χ2v) is 9.61.